The number of amides is 1. The number of carbonyl (C=O) groups is 1. The van der Waals surface area contributed by atoms with Gasteiger partial charge in [-0.3, -0.25) is 5.32 Å². The summed E-state index contributed by atoms with van der Waals surface area (Å²) in [5, 5.41) is 23.6. The quantitative estimate of drug-likeness (QED) is 0.427. The number of aliphatic hydroxyl groups excluding tert-OH is 2. The number of carbonyl (C=O) groups excluding carboxylic acids is 1. The van der Waals surface area contributed by atoms with Gasteiger partial charge in [-0.05, 0) is 26.3 Å². The van der Waals surface area contributed by atoms with E-state index < -0.39 is 12.2 Å². The summed E-state index contributed by atoms with van der Waals surface area (Å²) in [5.74, 6) is 0.271. The number of hydrogen-bond donors (Lipinski definition) is 6. The van der Waals surface area contributed by atoms with Crippen LogP contribution in [0.4, 0.5) is 27.8 Å². The summed E-state index contributed by atoms with van der Waals surface area (Å²) in [6.07, 6.45) is -1.39. The highest BCUT2D eigenvalue weighted by atomic mass is 16.5. The fourth-order valence-electron chi connectivity index (χ4n) is 2.29. The van der Waals surface area contributed by atoms with E-state index in [9.17, 15) is 9.90 Å². The number of ether oxygens (including phenoxy) is 1. The number of benzene rings is 1. The third-order valence-electron chi connectivity index (χ3n) is 3.59. The van der Waals surface area contributed by atoms with Crippen LogP contribution in [-0.4, -0.2) is 40.5 Å². The number of nitrogens with two attached hydrogens (primary N) is 2. The van der Waals surface area contributed by atoms with E-state index in [4.69, 9.17) is 21.3 Å². The summed E-state index contributed by atoms with van der Waals surface area (Å²) in [6.45, 7) is 5.68. The van der Waals surface area contributed by atoms with Crippen LogP contribution >= 0.6 is 0 Å². The first kappa shape index (κ1) is 26.0. The molecule has 0 saturated carbocycles. The molecular formula is C20H33N5O4. The van der Waals surface area contributed by atoms with Crippen LogP contribution in [0.2, 0.25) is 0 Å². The first-order chi connectivity index (χ1) is 13.3. The highest BCUT2D eigenvalue weighted by Gasteiger charge is 2.18. The fraction of sp³-hybridized carbons (Fsp3) is 0.400. The molecule has 0 saturated heterocycles. The van der Waals surface area contributed by atoms with Crippen molar-refractivity contribution in [2.24, 2.45) is 0 Å². The molecular weight excluding hydrogens is 374 g/mol. The molecule has 0 bridgehead atoms. The monoisotopic (exact) mass is 407 g/mol. The molecule has 2 atom stereocenters. The Morgan fingerprint density at radius 1 is 1.24 bits per heavy atom. The highest BCUT2D eigenvalue weighted by Crippen LogP contribution is 2.29. The molecule has 29 heavy (non-hydrogen) atoms. The lowest BCUT2D eigenvalue weighted by Gasteiger charge is -2.23. The summed E-state index contributed by atoms with van der Waals surface area (Å²) in [4.78, 5) is 15.5. The Balaban J connectivity index is 0.00000184. The predicted molar refractivity (Wildman–Crippen MR) is 118 cm³/mol. The van der Waals surface area contributed by atoms with Gasteiger partial charge in [0.1, 0.15) is 5.82 Å². The van der Waals surface area contributed by atoms with E-state index in [0.29, 0.717) is 5.69 Å². The Labute approximate surface area is 172 Å². The number of rotatable bonds is 6. The minimum atomic E-state index is -0.753. The molecule has 0 aliphatic carbocycles. The van der Waals surface area contributed by atoms with E-state index in [-0.39, 0.29) is 44.0 Å². The molecule has 0 spiro atoms. The zero-order chi connectivity index (χ0) is 21.1. The van der Waals surface area contributed by atoms with Gasteiger partial charge in [0.25, 0.3) is 0 Å². The molecule has 0 fully saturated rings. The van der Waals surface area contributed by atoms with Gasteiger partial charge in [0, 0.05) is 12.7 Å². The molecule has 162 valence electrons. The van der Waals surface area contributed by atoms with E-state index in [1.165, 1.54) is 6.07 Å². The maximum atomic E-state index is 11.5. The molecule has 1 heterocycles. The third kappa shape index (κ3) is 8.24. The first-order valence-corrected chi connectivity index (χ1v) is 8.94. The van der Waals surface area contributed by atoms with E-state index in [1.807, 2.05) is 37.3 Å². The lowest BCUT2D eigenvalue weighted by molar-refractivity contribution is 0.160. The third-order valence-corrected chi connectivity index (χ3v) is 3.59. The van der Waals surface area contributed by atoms with Crippen molar-refractivity contribution >= 4 is 29.1 Å². The molecule has 1 unspecified atom stereocenters. The van der Waals surface area contributed by atoms with Gasteiger partial charge in [-0.1, -0.05) is 37.8 Å². The summed E-state index contributed by atoms with van der Waals surface area (Å²) in [6, 6.07) is 10.4. The normalized spacial score (nSPS) is 11.8. The van der Waals surface area contributed by atoms with Crippen molar-refractivity contribution < 1.29 is 19.7 Å². The lowest BCUT2D eigenvalue weighted by atomic mass is 10.0. The van der Waals surface area contributed by atoms with Crippen molar-refractivity contribution in [3.63, 3.8) is 0 Å². The van der Waals surface area contributed by atoms with Crippen molar-refractivity contribution in [1.29, 1.82) is 0 Å². The van der Waals surface area contributed by atoms with E-state index in [0.717, 1.165) is 5.56 Å². The van der Waals surface area contributed by atoms with Crippen molar-refractivity contribution in [3.8, 4) is 0 Å². The van der Waals surface area contributed by atoms with Crippen molar-refractivity contribution in [2.45, 2.75) is 40.3 Å². The largest absolute Gasteiger partial charge is 0.450 e. The van der Waals surface area contributed by atoms with Crippen molar-refractivity contribution in [2.75, 3.05) is 35.3 Å². The summed E-state index contributed by atoms with van der Waals surface area (Å²) in [7, 11) is 0. The molecule has 2 rings (SSSR count). The molecule has 9 heteroatoms. The molecule has 0 radical (unpaired) electrons. The molecule has 2 aromatic rings. The molecule has 1 amide bonds. The number of nitrogens with one attached hydrogen (secondary N) is 2. The average Bonchev–Trinajstić information content (AvgIpc) is 2.66. The topological polar surface area (TPSA) is 156 Å². The number of aliphatic hydroxyl groups is 2. The number of pyridine rings is 1. The molecule has 0 aliphatic heterocycles. The van der Waals surface area contributed by atoms with Crippen LogP contribution in [0.15, 0.2) is 36.4 Å². The molecule has 8 N–H and O–H groups in total. The number of nitrogen functional groups attached to an aromatic ring is 2. The zero-order valence-corrected chi connectivity index (χ0v) is 16.3. The SMILES string of the molecule is C.CCO.CCOC(=O)Nc1cc(NC(C)[C@H](O)c2ccccc2)c(N)c(N)n1. The van der Waals surface area contributed by atoms with E-state index in [2.05, 4.69) is 15.6 Å². The minimum Gasteiger partial charge on any atom is -0.450 e. The number of aromatic nitrogens is 1. The maximum Gasteiger partial charge on any atom is 0.412 e. The standard InChI is InChI=1S/C17H23N5O3.C2H6O.CH4/c1-3-25-17(24)22-13-9-12(14(18)16(19)21-13)20-10(2)15(23)11-7-5-4-6-8-11;1-2-3;/h4-10,15,23H,3,18H2,1-2H3,(H4,19,20,21,22,24);3H,2H2,1H3;1H4/t10?,15-;;/m0../s1. The van der Waals surface area contributed by atoms with Gasteiger partial charge in [0.2, 0.25) is 0 Å². The number of anilines is 4. The van der Waals surface area contributed by atoms with Crippen LogP contribution in [0.25, 0.3) is 0 Å². The Morgan fingerprint density at radius 2 is 1.83 bits per heavy atom. The van der Waals surface area contributed by atoms with Crippen LogP contribution in [0.3, 0.4) is 0 Å². The van der Waals surface area contributed by atoms with Gasteiger partial charge in [-0.25, -0.2) is 9.78 Å². The molecule has 1 aromatic heterocycles. The van der Waals surface area contributed by atoms with Gasteiger partial charge in [-0.15, -0.1) is 0 Å². The van der Waals surface area contributed by atoms with Gasteiger partial charge >= 0.3 is 6.09 Å². The molecule has 9 nitrogen and oxygen atoms in total. The summed E-state index contributed by atoms with van der Waals surface area (Å²) >= 11 is 0. The number of nitrogens with zero attached hydrogens (tertiary/aromatic N) is 1. The fourth-order valence-corrected chi connectivity index (χ4v) is 2.29. The lowest BCUT2D eigenvalue weighted by Crippen LogP contribution is -2.25. The average molecular weight is 408 g/mol. The zero-order valence-electron chi connectivity index (χ0n) is 16.3. The highest BCUT2D eigenvalue weighted by molar-refractivity contribution is 5.87. The molecule has 0 aliphatic rings. The van der Waals surface area contributed by atoms with E-state index in [1.54, 1.807) is 13.8 Å². The van der Waals surface area contributed by atoms with Crippen LogP contribution in [0, 0.1) is 0 Å². The second-order valence-corrected chi connectivity index (χ2v) is 5.80. The minimum absolute atomic E-state index is 0. The first-order valence-electron chi connectivity index (χ1n) is 8.94. The summed E-state index contributed by atoms with van der Waals surface area (Å²) < 4.78 is 4.81. The smallest absolute Gasteiger partial charge is 0.412 e. The Bertz CT molecular complexity index is 743. The Morgan fingerprint density at radius 3 is 2.38 bits per heavy atom. The predicted octanol–water partition coefficient (Wildman–Crippen LogP) is 2.98. The van der Waals surface area contributed by atoms with E-state index >= 15 is 0 Å². The Kier molecular flexibility index (Phi) is 11.8. The van der Waals surface area contributed by atoms with Gasteiger partial charge in [0.05, 0.1) is 30.1 Å². The molecule has 1 aromatic carbocycles. The van der Waals surface area contributed by atoms with Crippen molar-refractivity contribution in [3.05, 3.63) is 42.0 Å². The van der Waals surface area contributed by atoms with Crippen LogP contribution < -0.4 is 22.1 Å². The Hall–Kier alpha value is -3.04. The van der Waals surface area contributed by atoms with Gasteiger partial charge in [-0.2, -0.15) is 0 Å². The van der Waals surface area contributed by atoms with Gasteiger partial charge in [0.15, 0.2) is 5.82 Å². The van der Waals surface area contributed by atoms with Gasteiger partial charge < -0.3 is 31.7 Å². The second kappa shape index (κ2) is 13.2. The summed E-state index contributed by atoms with van der Waals surface area (Å²) in [5.41, 5.74) is 13.2. The second-order valence-electron chi connectivity index (χ2n) is 5.80. The van der Waals surface area contributed by atoms with Crippen LogP contribution in [0.5, 0.6) is 0 Å². The van der Waals surface area contributed by atoms with Crippen LogP contribution in [-0.2, 0) is 4.74 Å². The van der Waals surface area contributed by atoms with Crippen LogP contribution in [0.1, 0.15) is 39.9 Å². The number of hydrogen-bond acceptors (Lipinski definition) is 8. The van der Waals surface area contributed by atoms with Crippen molar-refractivity contribution in [1.82, 2.24) is 4.98 Å². The maximum absolute atomic E-state index is 11.5.